The lowest BCUT2D eigenvalue weighted by molar-refractivity contribution is 0.380. The van der Waals surface area contributed by atoms with E-state index in [2.05, 4.69) is 25.2 Å². The Balaban J connectivity index is 2.22. The van der Waals surface area contributed by atoms with Gasteiger partial charge in [-0.25, -0.2) is 0 Å². The van der Waals surface area contributed by atoms with Crippen LogP contribution in [0.3, 0.4) is 0 Å². The second-order valence-electron chi connectivity index (χ2n) is 4.17. The molecule has 74 valence electrons. The van der Waals surface area contributed by atoms with Crippen molar-refractivity contribution in [2.75, 3.05) is 6.54 Å². The molecule has 1 aliphatic carbocycles. The molecule has 1 saturated carbocycles. The van der Waals surface area contributed by atoms with Gasteiger partial charge in [-0.3, -0.25) is 0 Å². The van der Waals surface area contributed by atoms with E-state index in [1.54, 1.807) is 0 Å². The summed E-state index contributed by atoms with van der Waals surface area (Å²) in [5.74, 6) is 1.66. The summed E-state index contributed by atoms with van der Waals surface area (Å²) in [4.78, 5) is 0. The molecule has 0 spiro atoms. The van der Waals surface area contributed by atoms with Crippen molar-refractivity contribution in [2.24, 2.45) is 11.8 Å². The van der Waals surface area contributed by atoms with Crippen LogP contribution in [-0.2, 0) is 0 Å². The zero-order chi connectivity index (χ0) is 9.68. The molecule has 0 aromatic carbocycles. The van der Waals surface area contributed by atoms with Crippen LogP contribution in [0, 0.1) is 23.2 Å². The first-order chi connectivity index (χ1) is 6.27. The molecule has 1 N–H and O–H groups in total. The summed E-state index contributed by atoms with van der Waals surface area (Å²) in [5, 5.41) is 12.1. The molecule has 0 radical (unpaired) electrons. The second-order valence-corrected chi connectivity index (χ2v) is 4.17. The lowest BCUT2D eigenvalue weighted by atomic mass is 9.98. The van der Waals surface area contributed by atoms with E-state index in [0.29, 0.717) is 0 Å². The molecule has 1 aliphatic rings. The summed E-state index contributed by atoms with van der Waals surface area (Å²) in [5.41, 5.74) is 0. The SMILES string of the molecule is CCC(C#N)NCC1CCCC1C. The highest BCUT2D eigenvalue weighted by molar-refractivity contribution is 4.89. The van der Waals surface area contributed by atoms with Gasteiger partial charge in [-0.05, 0) is 31.2 Å². The first-order valence-electron chi connectivity index (χ1n) is 5.41. The van der Waals surface area contributed by atoms with Crippen molar-refractivity contribution in [3.63, 3.8) is 0 Å². The van der Waals surface area contributed by atoms with Gasteiger partial charge in [0.25, 0.3) is 0 Å². The van der Waals surface area contributed by atoms with Crippen molar-refractivity contribution >= 4 is 0 Å². The molecule has 0 bridgehead atoms. The Hall–Kier alpha value is -0.550. The standard InChI is InChI=1S/C11H20N2/c1-3-11(7-12)13-8-10-6-4-5-9(10)2/h9-11,13H,3-6,8H2,1-2H3. The van der Waals surface area contributed by atoms with E-state index < -0.39 is 0 Å². The highest BCUT2D eigenvalue weighted by atomic mass is 14.9. The van der Waals surface area contributed by atoms with Crippen molar-refractivity contribution in [1.29, 1.82) is 5.26 Å². The predicted molar refractivity (Wildman–Crippen MR) is 54.2 cm³/mol. The molecule has 1 fully saturated rings. The van der Waals surface area contributed by atoms with Crippen molar-refractivity contribution in [3.05, 3.63) is 0 Å². The fourth-order valence-electron chi connectivity index (χ4n) is 2.10. The summed E-state index contributed by atoms with van der Waals surface area (Å²) in [6.07, 6.45) is 5.00. The Kier molecular flexibility index (Phi) is 4.24. The molecule has 13 heavy (non-hydrogen) atoms. The minimum Gasteiger partial charge on any atom is -0.302 e. The number of hydrogen-bond acceptors (Lipinski definition) is 2. The van der Waals surface area contributed by atoms with Gasteiger partial charge in [0.15, 0.2) is 0 Å². The topological polar surface area (TPSA) is 35.8 Å². The van der Waals surface area contributed by atoms with Gasteiger partial charge in [0.1, 0.15) is 0 Å². The zero-order valence-electron chi connectivity index (χ0n) is 8.71. The average molecular weight is 180 g/mol. The third-order valence-electron chi connectivity index (χ3n) is 3.23. The molecule has 0 aliphatic heterocycles. The number of nitrogens with zero attached hydrogens (tertiary/aromatic N) is 1. The molecule has 0 aromatic rings. The third kappa shape index (κ3) is 3.00. The lowest BCUT2D eigenvalue weighted by Crippen LogP contribution is -2.32. The van der Waals surface area contributed by atoms with Crippen molar-refractivity contribution in [2.45, 2.75) is 45.6 Å². The van der Waals surface area contributed by atoms with E-state index in [-0.39, 0.29) is 6.04 Å². The van der Waals surface area contributed by atoms with Crippen molar-refractivity contribution in [3.8, 4) is 6.07 Å². The van der Waals surface area contributed by atoms with E-state index in [9.17, 15) is 0 Å². The minimum absolute atomic E-state index is 0.0628. The monoisotopic (exact) mass is 180 g/mol. The van der Waals surface area contributed by atoms with E-state index in [0.717, 1.165) is 24.8 Å². The van der Waals surface area contributed by atoms with Gasteiger partial charge < -0.3 is 5.32 Å². The Bertz CT molecular complexity index is 183. The fourth-order valence-corrected chi connectivity index (χ4v) is 2.10. The molecule has 2 heteroatoms. The fraction of sp³-hybridized carbons (Fsp3) is 0.909. The Labute approximate surface area is 81.3 Å². The summed E-state index contributed by atoms with van der Waals surface area (Å²) >= 11 is 0. The van der Waals surface area contributed by atoms with Gasteiger partial charge in [-0.15, -0.1) is 0 Å². The minimum atomic E-state index is 0.0628. The highest BCUT2D eigenvalue weighted by Gasteiger charge is 2.23. The van der Waals surface area contributed by atoms with Crippen molar-refractivity contribution < 1.29 is 0 Å². The number of rotatable bonds is 4. The third-order valence-corrected chi connectivity index (χ3v) is 3.23. The van der Waals surface area contributed by atoms with Gasteiger partial charge in [0, 0.05) is 0 Å². The molecule has 0 heterocycles. The van der Waals surface area contributed by atoms with Gasteiger partial charge in [-0.2, -0.15) is 5.26 Å². The summed E-state index contributed by atoms with van der Waals surface area (Å²) < 4.78 is 0. The van der Waals surface area contributed by atoms with E-state index in [1.165, 1.54) is 19.3 Å². The average Bonchev–Trinajstić information content (AvgIpc) is 2.54. The lowest BCUT2D eigenvalue weighted by Gasteiger charge is -2.17. The number of hydrogen-bond donors (Lipinski definition) is 1. The van der Waals surface area contributed by atoms with E-state index in [1.807, 2.05) is 0 Å². The smallest absolute Gasteiger partial charge is 0.0950 e. The molecule has 0 amide bonds. The molecule has 3 unspecified atom stereocenters. The van der Waals surface area contributed by atoms with Crippen LogP contribution >= 0.6 is 0 Å². The van der Waals surface area contributed by atoms with Crippen LogP contribution in [-0.4, -0.2) is 12.6 Å². The van der Waals surface area contributed by atoms with Crippen LogP contribution in [0.5, 0.6) is 0 Å². The maximum atomic E-state index is 8.75. The Morgan fingerprint density at radius 3 is 2.77 bits per heavy atom. The summed E-state index contributed by atoms with van der Waals surface area (Å²) in [7, 11) is 0. The molecule has 0 saturated heterocycles. The van der Waals surface area contributed by atoms with Crippen LogP contribution in [0.15, 0.2) is 0 Å². The normalized spacial score (nSPS) is 29.9. The molecule has 0 aromatic heterocycles. The van der Waals surface area contributed by atoms with Crippen molar-refractivity contribution in [1.82, 2.24) is 5.32 Å². The van der Waals surface area contributed by atoms with Gasteiger partial charge >= 0.3 is 0 Å². The molecule has 2 nitrogen and oxygen atoms in total. The van der Waals surface area contributed by atoms with Crippen LogP contribution in [0.25, 0.3) is 0 Å². The maximum Gasteiger partial charge on any atom is 0.0950 e. The quantitative estimate of drug-likeness (QED) is 0.720. The predicted octanol–water partition coefficient (Wildman–Crippen LogP) is 2.31. The van der Waals surface area contributed by atoms with Gasteiger partial charge in [-0.1, -0.05) is 26.7 Å². The number of nitrogens with one attached hydrogen (secondary N) is 1. The van der Waals surface area contributed by atoms with Crippen LogP contribution in [0.4, 0.5) is 0 Å². The van der Waals surface area contributed by atoms with Gasteiger partial charge in [0.2, 0.25) is 0 Å². The van der Waals surface area contributed by atoms with Gasteiger partial charge in [0.05, 0.1) is 12.1 Å². The van der Waals surface area contributed by atoms with E-state index in [4.69, 9.17) is 5.26 Å². The summed E-state index contributed by atoms with van der Waals surface area (Å²) in [6.45, 7) is 5.42. The Morgan fingerprint density at radius 1 is 1.54 bits per heavy atom. The maximum absolute atomic E-state index is 8.75. The first-order valence-corrected chi connectivity index (χ1v) is 5.41. The van der Waals surface area contributed by atoms with E-state index >= 15 is 0 Å². The molecular weight excluding hydrogens is 160 g/mol. The summed E-state index contributed by atoms with van der Waals surface area (Å²) in [6, 6.07) is 2.34. The zero-order valence-corrected chi connectivity index (χ0v) is 8.71. The first kappa shape index (κ1) is 10.5. The largest absolute Gasteiger partial charge is 0.302 e. The molecular formula is C11H20N2. The molecule has 1 rings (SSSR count). The van der Waals surface area contributed by atoms with Crippen LogP contribution in [0.1, 0.15) is 39.5 Å². The highest BCUT2D eigenvalue weighted by Crippen LogP contribution is 2.30. The Morgan fingerprint density at radius 2 is 2.31 bits per heavy atom. The molecule has 3 atom stereocenters. The van der Waals surface area contributed by atoms with Crippen LogP contribution in [0.2, 0.25) is 0 Å². The second kappa shape index (κ2) is 5.24. The number of nitriles is 1. The van der Waals surface area contributed by atoms with Crippen LogP contribution < -0.4 is 5.32 Å².